The number of β-amino-alcohol motifs (C(OH)–C–C–N with tert-alkyl or cyclic N) is 1. The van der Waals surface area contributed by atoms with Gasteiger partial charge >= 0.3 is 0 Å². The second kappa shape index (κ2) is 7.12. The molecule has 134 valence electrons. The van der Waals surface area contributed by atoms with Crippen molar-refractivity contribution in [2.45, 2.75) is 19.6 Å². The molecule has 3 rings (SSSR count). The van der Waals surface area contributed by atoms with Crippen LogP contribution >= 0.6 is 0 Å². The Morgan fingerprint density at radius 1 is 1.40 bits per heavy atom. The highest BCUT2D eigenvalue weighted by atomic mass is 16.5. The number of carbonyl (C=O) groups is 1. The van der Waals surface area contributed by atoms with E-state index in [1.807, 2.05) is 4.90 Å². The van der Waals surface area contributed by atoms with Crippen molar-refractivity contribution in [2.75, 3.05) is 32.6 Å². The molecule has 1 atom stereocenters. The third kappa shape index (κ3) is 3.59. The Kier molecular flexibility index (Phi) is 4.91. The van der Waals surface area contributed by atoms with Gasteiger partial charge in [0.1, 0.15) is 17.3 Å². The van der Waals surface area contributed by atoms with E-state index >= 15 is 0 Å². The standard InChI is InChI=1S/C17H21N3O5/c1-10-6-15(19-25-10)18-16(22)9-20-7-11-13(23-2)4-5-14(24-3)17(11)12(21)8-20/h4-6,12,21H,7-9H2,1-3H3,(H,18,19,22)/t12-/m0/s1. The first-order valence-corrected chi connectivity index (χ1v) is 7.89. The molecule has 1 amide bonds. The first-order chi connectivity index (χ1) is 12.0. The second-order valence-corrected chi connectivity index (χ2v) is 5.92. The number of hydrogen-bond acceptors (Lipinski definition) is 7. The molecular formula is C17H21N3O5. The number of amides is 1. The summed E-state index contributed by atoms with van der Waals surface area (Å²) in [5.74, 6) is 2.04. The van der Waals surface area contributed by atoms with Gasteiger partial charge in [0.15, 0.2) is 5.82 Å². The summed E-state index contributed by atoms with van der Waals surface area (Å²) in [6, 6.07) is 5.22. The van der Waals surface area contributed by atoms with Gasteiger partial charge in [-0.05, 0) is 19.1 Å². The monoisotopic (exact) mass is 347 g/mol. The van der Waals surface area contributed by atoms with Crippen LogP contribution in [-0.4, -0.2) is 48.4 Å². The first kappa shape index (κ1) is 17.2. The summed E-state index contributed by atoms with van der Waals surface area (Å²) in [4.78, 5) is 14.1. The summed E-state index contributed by atoms with van der Waals surface area (Å²) in [7, 11) is 3.14. The van der Waals surface area contributed by atoms with Crippen LogP contribution in [0.4, 0.5) is 5.82 Å². The number of carbonyl (C=O) groups excluding carboxylic acids is 1. The lowest BCUT2D eigenvalue weighted by atomic mass is 9.95. The molecule has 0 saturated heterocycles. The molecule has 8 nitrogen and oxygen atoms in total. The van der Waals surface area contributed by atoms with E-state index in [4.69, 9.17) is 14.0 Å². The summed E-state index contributed by atoms with van der Waals surface area (Å²) in [5, 5.41) is 16.9. The van der Waals surface area contributed by atoms with Crippen LogP contribution in [0.1, 0.15) is 23.0 Å². The molecule has 0 unspecified atom stereocenters. The van der Waals surface area contributed by atoms with Crippen LogP contribution in [0.3, 0.4) is 0 Å². The van der Waals surface area contributed by atoms with Crippen LogP contribution in [0.5, 0.6) is 11.5 Å². The van der Waals surface area contributed by atoms with E-state index in [1.54, 1.807) is 39.3 Å². The van der Waals surface area contributed by atoms with Gasteiger partial charge in [-0.1, -0.05) is 5.16 Å². The molecule has 25 heavy (non-hydrogen) atoms. The fourth-order valence-electron chi connectivity index (χ4n) is 3.08. The van der Waals surface area contributed by atoms with E-state index in [2.05, 4.69) is 10.5 Å². The Morgan fingerprint density at radius 3 is 2.76 bits per heavy atom. The van der Waals surface area contributed by atoms with E-state index < -0.39 is 6.10 Å². The van der Waals surface area contributed by atoms with Gasteiger partial charge in [-0.25, -0.2) is 0 Å². The van der Waals surface area contributed by atoms with Gasteiger partial charge < -0.3 is 24.4 Å². The predicted octanol–water partition coefficient (Wildman–Crippen LogP) is 1.49. The number of aliphatic hydroxyl groups is 1. The normalized spacial score (nSPS) is 17.0. The fraction of sp³-hybridized carbons (Fsp3) is 0.412. The van der Waals surface area contributed by atoms with Crippen molar-refractivity contribution in [3.63, 3.8) is 0 Å². The van der Waals surface area contributed by atoms with Crippen LogP contribution in [-0.2, 0) is 11.3 Å². The molecule has 2 heterocycles. The number of methoxy groups -OCH3 is 2. The first-order valence-electron chi connectivity index (χ1n) is 7.89. The highest BCUT2D eigenvalue weighted by Gasteiger charge is 2.30. The Hall–Kier alpha value is -2.58. The van der Waals surface area contributed by atoms with Crippen molar-refractivity contribution < 1.29 is 23.9 Å². The summed E-state index contributed by atoms with van der Waals surface area (Å²) in [6.45, 7) is 2.66. The maximum absolute atomic E-state index is 12.2. The van der Waals surface area contributed by atoms with Gasteiger partial charge in [0, 0.05) is 30.3 Å². The average molecular weight is 347 g/mol. The van der Waals surface area contributed by atoms with Crippen LogP contribution in [0.15, 0.2) is 22.7 Å². The Balaban J connectivity index is 1.75. The van der Waals surface area contributed by atoms with Crippen molar-refractivity contribution in [1.29, 1.82) is 0 Å². The third-order valence-electron chi connectivity index (χ3n) is 4.12. The minimum atomic E-state index is -0.768. The van der Waals surface area contributed by atoms with E-state index in [1.165, 1.54) is 0 Å². The molecule has 0 aliphatic carbocycles. The Labute approximate surface area is 145 Å². The number of aliphatic hydroxyl groups excluding tert-OH is 1. The number of hydrogen-bond donors (Lipinski definition) is 2. The number of anilines is 1. The molecule has 0 fully saturated rings. The number of aromatic nitrogens is 1. The third-order valence-corrected chi connectivity index (χ3v) is 4.12. The summed E-state index contributed by atoms with van der Waals surface area (Å²) < 4.78 is 15.7. The molecule has 2 aromatic rings. The molecule has 1 aromatic heterocycles. The van der Waals surface area contributed by atoms with Gasteiger partial charge in [0.05, 0.1) is 26.9 Å². The minimum absolute atomic E-state index is 0.114. The highest BCUT2D eigenvalue weighted by Crippen LogP contribution is 2.39. The van der Waals surface area contributed by atoms with Crippen molar-refractivity contribution in [2.24, 2.45) is 0 Å². The predicted molar refractivity (Wildman–Crippen MR) is 89.7 cm³/mol. The van der Waals surface area contributed by atoms with Gasteiger partial charge in [-0.15, -0.1) is 0 Å². The number of nitrogens with zero attached hydrogens (tertiary/aromatic N) is 2. The zero-order chi connectivity index (χ0) is 18.0. The van der Waals surface area contributed by atoms with Gasteiger partial charge in [0.25, 0.3) is 0 Å². The molecule has 0 saturated carbocycles. The number of rotatable bonds is 5. The van der Waals surface area contributed by atoms with Crippen LogP contribution in [0, 0.1) is 6.92 Å². The maximum Gasteiger partial charge on any atom is 0.239 e. The van der Waals surface area contributed by atoms with Crippen molar-refractivity contribution in [3.05, 3.63) is 35.1 Å². The zero-order valence-electron chi connectivity index (χ0n) is 14.4. The fourth-order valence-corrected chi connectivity index (χ4v) is 3.08. The largest absolute Gasteiger partial charge is 0.496 e. The lowest BCUT2D eigenvalue weighted by Gasteiger charge is -2.33. The highest BCUT2D eigenvalue weighted by molar-refractivity contribution is 5.91. The maximum atomic E-state index is 12.2. The second-order valence-electron chi connectivity index (χ2n) is 5.92. The van der Waals surface area contributed by atoms with E-state index in [0.29, 0.717) is 41.7 Å². The van der Waals surface area contributed by atoms with E-state index in [0.717, 1.165) is 5.56 Å². The summed E-state index contributed by atoms with van der Waals surface area (Å²) in [5.41, 5.74) is 1.54. The Bertz CT molecular complexity index is 774. The van der Waals surface area contributed by atoms with E-state index in [9.17, 15) is 9.90 Å². The van der Waals surface area contributed by atoms with Crippen LogP contribution < -0.4 is 14.8 Å². The average Bonchev–Trinajstić information content (AvgIpc) is 2.98. The van der Waals surface area contributed by atoms with E-state index in [-0.39, 0.29) is 12.5 Å². The topological polar surface area (TPSA) is 97.1 Å². The molecular weight excluding hydrogens is 326 g/mol. The van der Waals surface area contributed by atoms with Gasteiger partial charge in [0.2, 0.25) is 5.91 Å². The number of ether oxygens (including phenoxy) is 2. The van der Waals surface area contributed by atoms with Crippen LogP contribution in [0.25, 0.3) is 0 Å². The zero-order valence-corrected chi connectivity index (χ0v) is 14.4. The van der Waals surface area contributed by atoms with Gasteiger partial charge in [-0.3, -0.25) is 9.69 Å². The van der Waals surface area contributed by atoms with Gasteiger partial charge in [-0.2, -0.15) is 0 Å². The quantitative estimate of drug-likeness (QED) is 0.846. The SMILES string of the molecule is COc1ccc(OC)c2c1CN(CC(=O)Nc1cc(C)on1)C[C@@H]2O. The number of aryl methyl sites for hydroxylation is 1. The van der Waals surface area contributed by atoms with Crippen molar-refractivity contribution in [3.8, 4) is 11.5 Å². The lowest BCUT2D eigenvalue weighted by Crippen LogP contribution is -2.39. The molecule has 8 heteroatoms. The number of nitrogens with one attached hydrogen (secondary N) is 1. The summed E-state index contributed by atoms with van der Waals surface area (Å²) in [6.07, 6.45) is -0.768. The molecule has 0 bridgehead atoms. The number of fused-ring (bicyclic) bond motifs is 1. The molecule has 0 radical (unpaired) electrons. The lowest BCUT2D eigenvalue weighted by molar-refractivity contribution is -0.118. The summed E-state index contributed by atoms with van der Waals surface area (Å²) >= 11 is 0. The molecule has 1 aliphatic rings. The van der Waals surface area contributed by atoms with Crippen molar-refractivity contribution in [1.82, 2.24) is 10.1 Å². The molecule has 1 aliphatic heterocycles. The smallest absolute Gasteiger partial charge is 0.239 e. The molecule has 2 N–H and O–H groups in total. The number of benzene rings is 1. The molecule has 1 aromatic carbocycles. The Morgan fingerprint density at radius 2 is 2.12 bits per heavy atom. The minimum Gasteiger partial charge on any atom is -0.496 e. The molecule has 0 spiro atoms. The van der Waals surface area contributed by atoms with Crippen molar-refractivity contribution >= 4 is 11.7 Å². The van der Waals surface area contributed by atoms with Crippen LogP contribution in [0.2, 0.25) is 0 Å².